The lowest BCUT2D eigenvalue weighted by atomic mass is 10.2. The fraction of sp³-hybridized carbons (Fsp3) is 0.579. The van der Waals surface area contributed by atoms with Gasteiger partial charge in [0.15, 0.2) is 5.75 Å². The summed E-state index contributed by atoms with van der Waals surface area (Å²) in [5.74, 6) is 1.35. The summed E-state index contributed by atoms with van der Waals surface area (Å²) in [4.78, 5) is 21.0. The minimum Gasteiger partial charge on any atom is -0.408 e. The van der Waals surface area contributed by atoms with E-state index in [1.807, 2.05) is 12.1 Å². The van der Waals surface area contributed by atoms with Gasteiger partial charge in [0.1, 0.15) is 5.52 Å². The topological polar surface area (TPSA) is 76.6 Å². The first-order valence-electron chi connectivity index (χ1n) is 9.46. The summed E-state index contributed by atoms with van der Waals surface area (Å²) in [5.41, 5.74) is 6.86. The van der Waals surface area contributed by atoms with Crippen molar-refractivity contribution in [3.05, 3.63) is 18.2 Å². The largest absolute Gasteiger partial charge is 0.410 e. The first-order chi connectivity index (χ1) is 12.5. The van der Waals surface area contributed by atoms with Crippen molar-refractivity contribution in [1.82, 2.24) is 14.5 Å². The molecule has 7 nitrogen and oxygen atoms in total. The van der Waals surface area contributed by atoms with E-state index < -0.39 is 6.09 Å². The molecular weight excluding hydrogens is 330 g/mol. The molecule has 2 aromatic rings. The number of ether oxygens (including phenoxy) is 1. The van der Waals surface area contributed by atoms with E-state index in [1.165, 1.54) is 6.42 Å². The number of aromatic nitrogens is 2. The Labute approximate surface area is 154 Å². The molecule has 0 saturated carbocycles. The van der Waals surface area contributed by atoms with Crippen molar-refractivity contribution in [2.24, 2.45) is 5.73 Å². The van der Waals surface area contributed by atoms with Gasteiger partial charge in [-0.1, -0.05) is 13.0 Å². The van der Waals surface area contributed by atoms with Crippen LogP contribution in [-0.4, -0.2) is 53.3 Å². The van der Waals surface area contributed by atoms with Crippen LogP contribution in [0.5, 0.6) is 5.75 Å². The monoisotopic (exact) mass is 359 g/mol. The second-order valence-electron chi connectivity index (χ2n) is 7.10. The highest BCUT2D eigenvalue weighted by Crippen LogP contribution is 2.32. The summed E-state index contributed by atoms with van der Waals surface area (Å²) >= 11 is 0. The van der Waals surface area contributed by atoms with Gasteiger partial charge in [-0.2, -0.15) is 0 Å². The average molecular weight is 359 g/mol. The highest BCUT2D eigenvalue weighted by Gasteiger charge is 2.23. The molecule has 142 valence electrons. The van der Waals surface area contributed by atoms with E-state index in [9.17, 15) is 4.79 Å². The number of anilines is 1. The molecular formula is C19H29N5O2. The van der Waals surface area contributed by atoms with E-state index in [2.05, 4.69) is 35.1 Å². The minimum atomic E-state index is -0.817. The van der Waals surface area contributed by atoms with Crippen LogP contribution in [0, 0.1) is 0 Å². The van der Waals surface area contributed by atoms with E-state index in [-0.39, 0.29) is 6.04 Å². The summed E-state index contributed by atoms with van der Waals surface area (Å²) in [5, 5.41) is 0. The summed E-state index contributed by atoms with van der Waals surface area (Å²) < 4.78 is 7.39. The van der Waals surface area contributed by atoms with Crippen LogP contribution in [0.3, 0.4) is 0 Å². The van der Waals surface area contributed by atoms with Crippen molar-refractivity contribution >= 4 is 23.1 Å². The molecule has 1 fully saturated rings. The lowest BCUT2D eigenvalue weighted by Crippen LogP contribution is -2.32. The smallest absolute Gasteiger partial charge is 0.408 e. The van der Waals surface area contributed by atoms with Crippen molar-refractivity contribution in [3.63, 3.8) is 0 Å². The second-order valence-corrected chi connectivity index (χ2v) is 7.10. The van der Waals surface area contributed by atoms with Crippen LogP contribution < -0.4 is 15.4 Å². The number of nitrogens with two attached hydrogens (primary N) is 1. The zero-order valence-electron chi connectivity index (χ0n) is 15.9. The molecule has 26 heavy (non-hydrogen) atoms. The van der Waals surface area contributed by atoms with Gasteiger partial charge in [0, 0.05) is 25.7 Å². The molecule has 1 amide bonds. The number of fused-ring (bicyclic) bond motifs is 1. The van der Waals surface area contributed by atoms with Crippen LogP contribution in [-0.2, 0) is 0 Å². The van der Waals surface area contributed by atoms with Crippen LogP contribution in [0.1, 0.15) is 39.7 Å². The quantitative estimate of drug-likeness (QED) is 0.888. The standard InChI is InChI=1S/C19H29N5O2/c1-4-9-22-10-6-11-23(13-12-22)19-21-17-15(24(19)14(2)3)7-5-8-16(17)26-18(20)25/h5,7-8,14H,4,6,9-13H2,1-3H3,(H2,20,25). The number of rotatable bonds is 5. The molecule has 0 radical (unpaired) electrons. The summed E-state index contributed by atoms with van der Waals surface area (Å²) in [6, 6.07) is 5.87. The first kappa shape index (κ1) is 18.5. The Morgan fingerprint density at radius 1 is 1.27 bits per heavy atom. The van der Waals surface area contributed by atoms with Gasteiger partial charge in [-0.15, -0.1) is 0 Å². The number of carbonyl (C=O) groups is 1. The molecule has 2 N–H and O–H groups in total. The van der Waals surface area contributed by atoms with Crippen molar-refractivity contribution in [2.45, 2.75) is 39.7 Å². The van der Waals surface area contributed by atoms with Gasteiger partial charge in [0.25, 0.3) is 0 Å². The Morgan fingerprint density at radius 3 is 2.77 bits per heavy atom. The van der Waals surface area contributed by atoms with Crippen molar-refractivity contribution < 1.29 is 9.53 Å². The van der Waals surface area contributed by atoms with E-state index in [0.29, 0.717) is 11.3 Å². The number of para-hydroxylation sites is 1. The van der Waals surface area contributed by atoms with Crippen LogP contribution in [0.2, 0.25) is 0 Å². The number of primary amides is 1. The van der Waals surface area contributed by atoms with Crippen LogP contribution in [0.4, 0.5) is 10.7 Å². The molecule has 0 atom stereocenters. The highest BCUT2D eigenvalue weighted by molar-refractivity contribution is 5.87. The Balaban J connectivity index is 1.99. The molecule has 1 aromatic carbocycles. The maximum atomic E-state index is 11.2. The number of benzene rings is 1. The minimum absolute atomic E-state index is 0.244. The van der Waals surface area contributed by atoms with Gasteiger partial charge in [0.2, 0.25) is 5.95 Å². The van der Waals surface area contributed by atoms with Crippen LogP contribution in [0.25, 0.3) is 11.0 Å². The Hall–Kier alpha value is -2.28. The van der Waals surface area contributed by atoms with E-state index in [4.69, 9.17) is 15.5 Å². The number of hydrogen-bond acceptors (Lipinski definition) is 5. The van der Waals surface area contributed by atoms with Gasteiger partial charge >= 0.3 is 6.09 Å². The molecule has 7 heteroatoms. The molecule has 1 aliphatic rings. The maximum Gasteiger partial charge on any atom is 0.410 e. The molecule has 1 aliphatic heterocycles. The third kappa shape index (κ3) is 3.77. The number of carbonyl (C=O) groups excluding carboxylic acids is 1. The van der Waals surface area contributed by atoms with E-state index in [0.717, 1.165) is 50.6 Å². The fourth-order valence-electron chi connectivity index (χ4n) is 3.71. The van der Waals surface area contributed by atoms with Gasteiger partial charge in [0.05, 0.1) is 5.52 Å². The highest BCUT2D eigenvalue weighted by atomic mass is 16.5. The fourth-order valence-corrected chi connectivity index (χ4v) is 3.71. The second kappa shape index (κ2) is 7.95. The molecule has 1 saturated heterocycles. The molecule has 1 aromatic heterocycles. The maximum absolute atomic E-state index is 11.2. The summed E-state index contributed by atoms with van der Waals surface area (Å²) in [6.45, 7) is 11.7. The first-order valence-corrected chi connectivity index (χ1v) is 9.46. The lowest BCUT2D eigenvalue weighted by molar-refractivity contribution is 0.211. The zero-order chi connectivity index (χ0) is 18.7. The number of imidazole rings is 1. The van der Waals surface area contributed by atoms with Crippen molar-refractivity contribution in [3.8, 4) is 5.75 Å². The van der Waals surface area contributed by atoms with Crippen molar-refractivity contribution in [1.29, 1.82) is 0 Å². The Bertz CT molecular complexity index is 771. The zero-order valence-corrected chi connectivity index (χ0v) is 15.9. The lowest BCUT2D eigenvalue weighted by Gasteiger charge is -2.25. The number of nitrogens with zero attached hydrogens (tertiary/aromatic N) is 4. The van der Waals surface area contributed by atoms with Crippen LogP contribution in [0.15, 0.2) is 18.2 Å². The third-order valence-electron chi connectivity index (χ3n) is 4.80. The Morgan fingerprint density at radius 2 is 2.08 bits per heavy atom. The van der Waals surface area contributed by atoms with Crippen LogP contribution >= 0.6 is 0 Å². The normalized spacial score (nSPS) is 16.2. The number of hydrogen-bond donors (Lipinski definition) is 1. The molecule has 0 bridgehead atoms. The molecule has 0 unspecified atom stereocenters. The van der Waals surface area contributed by atoms with Crippen molar-refractivity contribution in [2.75, 3.05) is 37.6 Å². The predicted molar refractivity (Wildman–Crippen MR) is 104 cm³/mol. The average Bonchev–Trinajstić information content (AvgIpc) is 2.83. The summed E-state index contributed by atoms with van der Waals surface area (Å²) in [6.07, 6.45) is 1.48. The number of amides is 1. The van der Waals surface area contributed by atoms with E-state index in [1.54, 1.807) is 6.07 Å². The Kier molecular flexibility index (Phi) is 5.66. The van der Waals surface area contributed by atoms with Gasteiger partial charge in [-0.25, -0.2) is 9.78 Å². The summed E-state index contributed by atoms with van der Waals surface area (Å²) in [7, 11) is 0. The van der Waals surface area contributed by atoms with Gasteiger partial charge in [-0.3, -0.25) is 0 Å². The molecule has 0 spiro atoms. The van der Waals surface area contributed by atoms with Gasteiger partial charge < -0.3 is 24.8 Å². The molecule has 0 aliphatic carbocycles. The van der Waals surface area contributed by atoms with E-state index >= 15 is 0 Å². The molecule has 2 heterocycles. The molecule has 3 rings (SSSR count). The SMILES string of the molecule is CCCN1CCCN(c2nc3c(OC(N)=O)cccc3n2C(C)C)CC1. The predicted octanol–water partition coefficient (Wildman–Crippen LogP) is 3.00. The third-order valence-corrected chi connectivity index (χ3v) is 4.80. The van der Waals surface area contributed by atoms with Gasteiger partial charge in [-0.05, 0) is 51.9 Å².